The topological polar surface area (TPSA) is 55.1 Å². The van der Waals surface area contributed by atoms with E-state index in [1.165, 1.54) is 11.1 Å². The molecule has 3 N–H and O–H groups in total. The number of nitrogens with two attached hydrogens (primary N) is 1. The summed E-state index contributed by atoms with van der Waals surface area (Å²) in [6.45, 7) is 0. The van der Waals surface area contributed by atoms with E-state index in [0.29, 0.717) is 6.42 Å². The van der Waals surface area contributed by atoms with Crippen molar-refractivity contribution in [2.45, 2.75) is 31.3 Å². The second-order valence-electron chi connectivity index (χ2n) is 4.83. The van der Waals surface area contributed by atoms with Crippen LogP contribution in [-0.4, -0.2) is 24.0 Å². The number of thioether (sulfide) groups is 1. The number of hydrogen-bond acceptors (Lipinski definition) is 3. The quantitative estimate of drug-likeness (QED) is 0.870. The number of fused-ring (bicyclic) bond motifs is 1. The molecule has 0 aromatic heterocycles. The van der Waals surface area contributed by atoms with Crippen molar-refractivity contribution in [1.29, 1.82) is 0 Å². The van der Waals surface area contributed by atoms with Crippen molar-refractivity contribution >= 4 is 41.7 Å². The number of aryl methyl sites for hydroxylation is 1. The first kappa shape index (κ1) is 17.6. The summed E-state index contributed by atoms with van der Waals surface area (Å²) < 4.78 is 0. The van der Waals surface area contributed by atoms with Gasteiger partial charge in [0.25, 0.3) is 0 Å². The standard InChI is InChI=1S/C14H19ClN2OS.ClH/c1-19-7-6-12(16)14(18)17-13-5-2-9-8-10(15)3-4-11(9)13;/h3-4,8,12-13H,2,5-7,16H2,1H3,(H,17,18);1H/t12-,13?;/m0./s1. The fourth-order valence-corrected chi connectivity index (χ4v) is 3.08. The highest BCUT2D eigenvalue weighted by molar-refractivity contribution is 7.98. The Hall–Kier alpha value is -0.420. The van der Waals surface area contributed by atoms with Crippen LogP contribution in [0, 0.1) is 0 Å². The largest absolute Gasteiger partial charge is 0.348 e. The Morgan fingerprint density at radius 3 is 3.05 bits per heavy atom. The lowest BCUT2D eigenvalue weighted by Gasteiger charge is -2.17. The lowest BCUT2D eigenvalue weighted by atomic mass is 10.1. The van der Waals surface area contributed by atoms with Gasteiger partial charge in [0.05, 0.1) is 12.1 Å². The van der Waals surface area contributed by atoms with Gasteiger partial charge < -0.3 is 11.1 Å². The van der Waals surface area contributed by atoms with Crippen LogP contribution < -0.4 is 11.1 Å². The maximum atomic E-state index is 12.0. The molecule has 6 heteroatoms. The zero-order valence-electron chi connectivity index (χ0n) is 11.4. The van der Waals surface area contributed by atoms with E-state index in [2.05, 4.69) is 5.32 Å². The van der Waals surface area contributed by atoms with Gasteiger partial charge in [-0.15, -0.1) is 12.4 Å². The highest BCUT2D eigenvalue weighted by Crippen LogP contribution is 2.32. The van der Waals surface area contributed by atoms with Crippen LogP contribution in [0.3, 0.4) is 0 Å². The molecule has 1 unspecified atom stereocenters. The molecule has 0 bridgehead atoms. The van der Waals surface area contributed by atoms with Gasteiger partial charge in [-0.3, -0.25) is 4.79 Å². The Balaban J connectivity index is 0.00000200. The second kappa shape index (κ2) is 8.13. The van der Waals surface area contributed by atoms with E-state index in [9.17, 15) is 4.79 Å². The van der Waals surface area contributed by atoms with Crippen LogP contribution in [0.2, 0.25) is 5.02 Å². The highest BCUT2D eigenvalue weighted by Gasteiger charge is 2.25. The number of nitrogens with one attached hydrogen (secondary N) is 1. The van der Waals surface area contributed by atoms with Gasteiger partial charge in [0.1, 0.15) is 0 Å². The summed E-state index contributed by atoms with van der Waals surface area (Å²) in [4.78, 5) is 12.0. The molecule has 0 fully saturated rings. The van der Waals surface area contributed by atoms with Crippen molar-refractivity contribution in [3.05, 3.63) is 34.3 Å². The van der Waals surface area contributed by atoms with Crippen molar-refractivity contribution in [3.8, 4) is 0 Å². The molecule has 0 saturated heterocycles. The molecule has 20 heavy (non-hydrogen) atoms. The van der Waals surface area contributed by atoms with Gasteiger partial charge in [-0.05, 0) is 54.5 Å². The Morgan fingerprint density at radius 2 is 2.35 bits per heavy atom. The molecule has 2 rings (SSSR count). The molecule has 1 aromatic rings. The molecular weight excluding hydrogens is 315 g/mol. The van der Waals surface area contributed by atoms with E-state index in [-0.39, 0.29) is 24.4 Å². The van der Waals surface area contributed by atoms with Crippen LogP contribution in [0.4, 0.5) is 0 Å². The van der Waals surface area contributed by atoms with E-state index in [0.717, 1.165) is 23.6 Å². The minimum absolute atomic E-state index is 0. The molecular formula is C14H20Cl2N2OS. The van der Waals surface area contributed by atoms with Gasteiger partial charge in [-0.25, -0.2) is 0 Å². The number of carbonyl (C=O) groups is 1. The summed E-state index contributed by atoms with van der Waals surface area (Å²) in [5, 5.41) is 3.80. The first-order valence-electron chi connectivity index (χ1n) is 6.45. The van der Waals surface area contributed by atoms with Crippen molar-refractivity contribution in [3.63, 3.8) is 0 Å². The zero-order valence-corrected chi connectivity index (χ0v) is 13.8. The number of amides is 1. The van der Waals surface area contributed by atoms with E-state index in [4.69, 9.17) is 17.3 Å². The van der Waals surface area contributed by atoms with E-state index in [1.54, 1.807) is 11.8 Å². The monoisotopic (exact) mass is 334 g/mol. The number of halogens is 2. The summed E-state index contributed by atoms with van der Waals surface area (Å²) in [5.74, 6) is 0.854. The third kappa shape index (κ3) is 4.29. The van der Waals surface area contributed by atoms with Crippen LogP contribution in [0.25, 0.3) is 0 Å². The minimum Gasteiger partial charge on any atom is -0.348 e. The van der Waals surface area contributed by atoms with E-state index >= 15 is 0 Å². The molecule has 1 aliphatic rings. The Bertz CT molecular complexity index is 470. The molecule has 0 saturated carbocycles. The third-order valence-electron chi connectivity index (χ3n) is 3.47. The van der Waals surface area contributed by atoms with E-state index < -0.39 is 6.04 Å². The van der Waals surface area contributed by atoms with Gasteiger partial charge in [-0.1, -0.05) is 17.7 Å². The second-order valence-corrected chi connectivity index (χ2v) is 6.25. The molecule has 112 valence electrons. The van der Waals surface area contributed by atoms with E-state index in [1.807, 2.05) is 24.5 Å². The molecule has 0 aliphatic heterocycles. The maximum absolute atomic E-state index is 12.0. The zero-order chi connectivity index (χ0) is 13.8. The van der Waals surface area contributed by atoms with Crippen molar-refractivity contribution in [1.82, 2.24) is 5.32 Å². The first-order chi connectivity index (χ1) is 9.11. The fraction of sp³-hybridized carbons (Fsp3) is 0.500. The number of benzene rings is 1. The van der Waals surface area contributed by atoms with Gasteiger partial charge >= 0.3 is 0 Å². The summed E-state index contributed by atoms with van der Waals surface area (Å²) in [5.41, 5.74) is 8.29. The SMILES string of the molecule is CSCC[C@H](N)C(=O)NC1CCc2cc(Cl)ccc21.Cl. The van der Waals surface area contributed by atoms with Crippen LogP contribution in [0.1, 0.15) is 30.0 Å². The molecule has 3 nitrogen and oxygen atoms in total. The summed E-state index contributed by atoms with van der Waals surface area (Å²) in [6.07, 6.45) is 4.62. The molecule has 1 aliphatic carbocycles. The summed E-state index contributed by atoms with van der Waals surface area (Å²) in [6, 6.07) is 5.53. The van der Waals surface area contributed by atoms with Crippen LogP contribution in [-0.2, 0) is 11.2 Å². The first-order valence-corrected chi connectivity index (χ1v) is 8.22. The van der Waals surface area contributed by atoms with Gasteiger partial charge in [0.2, 0.25) is 5.91 Å². The molecule has 1 aromatic carbocycles. The average molecular weight is 335 g/mol. The summed E-state index contributed by atoms with van der Waals surface area (Å²) in [7, 11) is 0. The molecule has 0 radical (unpaired) electrons. The smallest absolute Gasteiger partial charge is 0.237 e. The molecule has 2 atom stereocenters. The number of rotatable bonds is 5. The third-order valence-corrected chi connectivity index (χ3v) is 4.35. The van der Waals surface area contributed by atoms with Gasteiger partial charge in [-0.2, -0.15) is 11.8 Å². The predicted octanol–water partition coefficient (Wildman–Crippen LogP) is 2.95. The van der Waals surface area contributed by atoms with Crippen LogP contribution >= 0.6 is 35.8 Å². The van der Waals surface area contributed by atoms with Crippen LogP contribution in [0.5, 0.6) is 0 Å². The van der Waals surface area contributed by atoms with Gasteiger partial charge in [0.15, 0.2) is 0 Å². The minimum atomic E-state index is -0.413. The average Bonchev–Trinajstić information content (AvgIpc) is 2.78. The molecule has 0 spiro atoms. The Morgan fingerprint density at radius 1 is 1.60 bits per heavy atom. The summed E-state index contributed by atoms with van der Waals surface area (Å²) >= 11 is 7.68. The Labute approximate surface area is 135 Å². The predicted molar refractivity (Wildman–Crippen MR) is 88.9 cm³/mol. The molecule has 0 heterocycles. The Kier molecular flexibility index (Phi) is 7.17. The van der Waals surface area contributed by atoms with Crippen molar-refractivity contribution < 1.29 is 4.79 Å². The lowest BCUT2D eigenvalue weighted by molar-refractivity contribution is -0.123. The number of carbonyl (C=O) groups excluding carboxylic acids is 1. The lowest BCUT2D eigenvalue weighted by Crippen LogP contribution is -2.42. The normalized spacial score (nSPS) is 18.1. The van der Waals surface area contributed by atoms with Gasteiger partial charge in [0, 0.05) is 5.02 Å². The van der Waals surface area contributed by atoms with Crippen molar-refractivity contribution in [2.24, 2.45) is 5.73 Å². The van der Waals surface area contributed by atoms with Crippen LogP contribution in [0.15, 0.2) is 18.2 Å². The fourth-order valence-electron chi connectivity index (χ4n) is 2.39. The maximum Gasteiger partial charge on any atom is 0.237 e. The highest BCUT2D eigenvalue weighted by atomic mass is 35.5. The molecule has 1 amide bonds. The van der Waals surface area contributed by atoms with Crippen molar-refractivity contribution in [2.75, 3.05) is 12.0 Å². The number of hydrogen-bond donors (Lipinski definition) is 2.